The van der Waals surface area contributed by atoms with Crippen LogP contribution in [0.4, 0.5) is 10.1 Å². The number of nitrogens with one attached hydrogen (secondary N) is 2. The number of anilines is 1. The molecule has 0 unspecified atom stereocenters. The summed E-state index contributed by atoms with van der Waals surface area (Å²) in [4.78, 5) is 44.0. The lowest BCUT2D eigenvalue weighted by Crippen LogP contribution is -2.43. The molecule has 3 aromatic rings. The van der Waals surface area contributed by atoms with E-state index in [1.807, 2.05) is 0 Å². The van der Waals surface area contributed by atoms with Crippen molar-refractivity contribution in [3.8, 4) is 11.3 Å². The molecular weight excluding hydrogens is 523 g/mol. The predicted molar refractivity (Wildman–Crippen MR) is 146 cm³/mol. The van der Waals surface area contributed by atoms with Crippen LogP contribution in [0.5, 0.6) is 0 Å². The zero-order valence-corrected chi connectivity index (χ0v) is 23.1. The van der Waals surface area contributed by atoms with Gasteiger partial charge in [0.25, 0.3) is 17.6 Å². The van der Waals surface area contributed by atoms with Crippen molar-refractivity contribution in [2.24, 2.45) is 7.05 Å². The van der Waals surface area contributed by atoms with Crippen molar-refractivity contribution in [1.29, 1.82) is 0 Å². The third kappa shape index (κ3) is 5.93. The number of aryl methyl sites for hydroxylation is 1. The molecule has 1 fully saturated rings. The number of rotatable bonds is 7. The molecule has 1 aliphatic rings. The van der Waals surface area contributed by atoms with Gasteiger partial charge in [-0.25, -0.2) is 12.8 Å². The van der Waals surface area contributed by atoms with E-state index in [0.717, 1.165) is 0 Å². The van der Waals surface area contributed by atoms with Crippen molar-refractivity contribution in [2.45, 2.75) is 50.8 Å². The maximum atomic E-state index is 13.7. The Labute approximate surface area is 226 Å². The number of pyridine rings is 1. The van der Waals surface area contributed by atoms with Gasteiger partial charge in [-0.3, -0.25) is 19.4 Å². The minimum atomic E-state index is -3.16. The van der Waals surface area contributed by atoms with Gasteiger partial charge in [0.2, 0.25) is 0 Å². The molecule has 39 heavy (non-hydrogen) atoms. The second kappa shape index (κ2) is 11.1. The summed E-state index contributed by atoms with van der Waals surface area (Å²) in [6.07, 6.45) is 6.07. The number of amides is 2. The summed E-state index contributed by atoms with van der Waals surface area (Å²) in [5.41, 5.74) is 2.38. The number of hydrogen-bond acceptors (Lipinski definition) is 6. The first kappa shape index (κ1) is 28.2. The van der Waals surface area contributed by atoms with E-state index in [9.17, 15) is 27.2 Å². The van der Waals surface area contributed by atoms with Crippen molar-refractivity contribution in [3.05, 3.63) is 70.9 Å². The zero-order valence-electron chi connectivity index (χ0n) is 22.2. The van der Waals surface area contributed by atoms with E-state index in [1.165, 1.54) is 29.0 Å². The van der Waals surface area contributed by atoms with Gasteiger partial charge >= 0.3 is 0 Å². The number of aromatic nitrogens is 2. The standard InChI is InChI=1S/C28H31FN4O5S/c1-16-15-20(7-10-22(16)29)32-27(35)23-17(2)24(33(3)25(23)18-11-13-30-14-12-18)26(34)28(36)31-19-5-8-21(9-6-19)39(4,37)38/h7,10-15,19,21H,5-6,8-9H2,1-4H3,(H,31,36)(H,32,35)/t19-,21+. The van der Waals surface area contributed by atoms with Crippen LogP contribution in [0.25, 0.3) is 11.3 Å². The summed E-state index contributed by atoms with van der Waals surface area (Å²) < 4.78 is 38.9. The van der Waals surface area contributed by atoms with Gasteiger partial charge in [0.15, 0.2) is 0 Å². The van der Waals surface area contributed by atoms with Gasteiger partial charge < -0.3 is 15.2 Å². The van der Waals surface area contributed by atoms with Gasteiger partial charge in [-0.15, -0.1) is 0 Å². The monoisotopic (exact) mass is 554 g/mol. The third-order valence-electron chi connectivity index (χ3n) is 7.27. The summed E-state index contributed by atoms with van der Waals surface area (Å²) >= 11 is 0. The molecule has 1 saturated carbocycles. The molecule has 2 N–H and O–H groups in total. The molecule has 0 radical (unpaired) electrons. The lowest BCUT2D eigenvalue weighted by molar-refractivity contribution is -0.117. The van der Waals surface area contributed by atoms with Crippen LogP contribution < -0.4 is 10.6 Å². The minimum absolute atomic E-state index is 0.0598. The lowest BCUT2D eigenvalue weighted by atomic mass is 9.94. The molecule has 4 rings (SSSR count). The molecule has 0 bridgehead atoms. The molecule has 0 aliphatic heterocycles. The number of hydrogen-bond donors (Lipinski definition) is 2. The fraction of sp³-hybridized carbons (Fsp3) is 0.357. The summed E-state index contributed by atoms with van der Waals surface area (Å²) in [7, 11) is -1.55. The van der Waals surface area contributed by atoms with Gasteiger partial charge in [0, 0.05) is 43.0 Å². The number of carbonyl (C=O) groups is 3. The fourth-order valence-electron chi connectivity index (χ4n) is 5.19. The highest BCUT2D eigenvalue weighted by molar-refractivity contribution is 7.91. The molecule has 0 saturated heterocycles. The van der Waals surface area contributed by atoms with Crippen LogP contribution in [0.1, 0.15) is 57.7 Å². The highest BCUT2D eigenvalue weighted by Gasteiger charge is 2.33. The third-order valence-corrected chi connectivity index (χ3v) is 8.95. The quantitative estimate of drug-likeness (QED) is 0.338. The van der Waals surface area contributed by atoms with E-state index in [4.69, 9.17) is 0 Å². The molecule has 0 atom stereocenters. The summed E-state index contributed by atoms with van der Waals surface area (Å²) in [5.74, 6) is -2.53. The maximum Gasteiger partial charge on any atom is 0.294 e. The largest absolute Gasteiger partial charge is 0.346 e. The van der Waals surface area contributed by atoms with Gasteiger partial charge in [0.05, 0.1) is 22.2 Å². The number of benzene rings is 1. The molecule has 1 aromatic carbocycles. The summed E-state index contributed by atoms with van der Waals surface area (Å²) in [6, 6.07) is 7.29. The van der Waals surface area contributed by atoms with Crippen molar-refractivity contribution in [1.82, 2.24) is 14.9 Å². The minimum Gasteiger partial charge on any atom is -0.346 e. The Morgan fingerprint density at radius 1 is 1.03 bits per heavy atom. The van der Waals surface area contributed by atoms with E-state index in [-0.39, 0.29) is 17.3 Å². The number of Topliss-reactive ketones (excluding diaryl/α,β-unsaturated/α-hetero) is 1. The Morgan fingerprint density at radius 3 is 2.26 bits per heavy atom. The summed E-state index contributed by atoms with van der Waals surface area (Å²) in [5, 5.41) is 5.08. The van der Waals surface area contributed by atoms with Crippen LogP contribution in [0.2, 0.25) is 0 Å². The second-order valence-corrected chi connectivity index (χ2v) is 12.3. The van der Waals surface area contributed by atoms with Crippen molar-refractivity contribution in [2.75, 3.05) is 11.6 Å². The molecule has 11 heteroatoms. The number of nitrogens with zero attached hydrogens (tertiary/aromatic N) is 2. The smallest absolute Gasteiger partial charge is 0.294 e. The predicted octanol–water partition coefficient (Wildman–Crippen LogP) is 3.75. The van der Waals surface area contributed by atoms with Crippen LogP contribution >= 0.6 is 0 Å². The van der Waals surface area contributed by atoms with Crippen LogP contribution in [0.15, 0.2) is 42.7 Å². The molecular formula is C28H31FN4O5S. The van der Waals surface area contributed by atoms with Crippen molar-refractivity contribution < 1.29 is 27.2 Å². The second-order valence-electron chi connectivity index (χ2n) is 10.0. The molecule has 0 spiro atoms. The van der Waals surface area contributed by atoms with Gasteiger partial charge in [-0.05, 0) is 81.0 Å². The van der Waals surface area contributed by atoms with Crippen molar-refractivity contribution in [3.63, 3.8) is 0 Å². The molecule has 2 aromatic heterocycles. The number of sulfone groups is 1. The van der Waals surface area contributed by atoms with Gasteiger partial charge in [-0.1, -0.05) is 0 Å². The first-order valence-corrected chi connectivity index (χ1v) is 14.5. The van der Waals surface area contributed by atoms with Crippen LogP contribution in [0.3, 0.4) is 0 Å². The average Bonchev–Trinajstić information content (AvgIpc) is 3.15. The fourth-order valence-corrected chi connectivity index (χ4v) is 6.31. The van der Waals surface area contributed by atoms with Gasteiger partial charge in [0.1, 0.15) is 15.7 Å². The Hall–Kier alpha value is -3.86. The first-order chi connectivity index (χ1) is 18.4. The van der Waals surface area contributed by atoms with Crippen LogP contribution in [-0.2, 0) is 21.7 Å². The molecule has 1 aliphatic carbocycles. The number of halogens is 1. The van der Waals surface area contributed by atoms with E-state index < -0.39 is 38.5 Å². The Morgan fingerprint density at radius 2 is 1.67 bits per heavy atom. The highest BCUT2D eigenvalue weighted by Crippen LogP contribution is 2.32. The summed E-state index contributed by atoms with van der Waals surface area (Å²) in [6.45, 7) is 3.19. The lowest BCUT2D eigenvalue weighted by Gasteiger charge is -2.27. The van der Waals surface area contributed by atoms with E-state index in [2.05, 4.69) is 15.6 Å². The Balaban J connectivity index is 1.64. The van der Waals surface area contributed by atoms with E-state index in [0.29, 0.717) is 53.8 Å². The van der Waals surface area contributed by atoms with Crippen LogP contribution in [0, 0.1) is 19.7 Å². The van der Waals surface area contributed by atoms with Gasteiger partial charge in [-0.2, -0.15) is 0 Å². The van der Waals surface area contributed by atoms with E-state index in [1.54, 1.807) is 45.4 Å². The number of carbonyl (C=O) groups excluding carboxylic acids is 3. The van der Waals surface area contributed by atoms with Crippen LogP contribution in [-0.4, -0.2) is 53.1 Å². The first-order valence-electron chi connectivity index (χ1n) is 12.6. The molecule has 206 valence electrons. The molecule has 2 heterocycles. The Bertz CT molecular complexity index is 1540. The molecule has 9 nitrogen and oxygen atoms in total. The zero-order chi connectivity index (χ0) is 28.5. The van der Waals surface area contributed by atoms with Crippen molar-refractivity contribution >= 4 is 33.1 Å². The average molecular weight is 555 g/mol. The topological polar surface area (TPSA) is 127 Å². The Kier molecular flexibility index (Phi) is 8.01. The normalized spacial score (nSPS) is 17.5. The highest BCUT2D eigenvalue weighted by atomic mass is 32.2. The van der Waals surface area contributed by atoms with E-state index >= 15 is 0 Å². The number of ketones is 1. The SMILES string of the molecule is Cc1cc(NC(=O)c2c(C)c(C(=O)C(=O)N[C@H]3CC[C@@H](S(C)(=O)=O)CC3)n(C)c2-c2ccncc2)ccc1F. The maximum absolute atomic E-state index is 13.7. The molecule has 2 amide bonds.